The zero-order valence-corrected chi connectivity index (χ0v) is 15.5. The molecular formula is C21H23N3O3. The van der Waals surface area contributed by atoms with E-state index < -0.39 is 0 Å². The molecule has 1 N–H and O–H groups in total. The number of likely N-dealkylation sites (N-methyl/N-ethyl adjacent to an activating group) is 1. The second-order valence-electron chi connectivity index (χ2n) is 6.94. The SMILES string of the molecule is CC(=O)c1cccc(NC(=O)C2CC2C(=O)N(C)CCc2ccncc2)c1. The number of Topliss-reactive ketones (excluding diaryl/α,β-unsaturated/α-hetero) is 1. The normalized spacial score (nSPS) is 17.9. The Labute approximate surface area is 158 Å². The van der Waals surface area contributed by atoms with E-state index in [9.17, 15) is 14.4 Å². The zero-order chi connectivity index (χ0) is 19.4. The van der Waals surface area contributed by atoms with Gasteiger partial charge in [-0.1, -0.05) is 12.1 Å². The lowest BCUT2D eigenvalue weighted by Gasteiger charge is -2.17. The quantitative estimate of drug-likeness (QED) is 0.765. The van der Waals surface area contributed by atoms with Gasteiger partial charge in [0.2, 0.25) is 11.8 Å². The third kappa shape index (κ3) is 4.78. The van der Waals surface area contributed by atoms with Gasteiger partial charge in [-0.3, -0.25) is 19.4 Å². The summed E-state index contributed by atoms with van der Waals surface area (Å²) >= 11 is 0. The minimum Gasteiger partial charge on any atom is -0.345 e. The fourth-order valence-corrected chi connectivity index (χ4v) is 3.05. The summed E-state index contributed by atoms with van der Waals surface area (Å²) in [6.07, 6.45) is 4.79. The summed E-state index contributed by atoms with van der Waals surface area (Å²) in [6.45, 7) is 2.09. The second kappa shape index (κ2) is 8.12. The van der Waals surface area contributed by atoms with E-state index in [2.05, 4.69) is 10.3 Å². The predicted molar refractivity (Wildman–Crippen MR) is 102 cm³/mol. The Morgan fingerprint density at radius 1 is 1.15 bits per heavy atom. The second-order valence-corrected chi connectivity index (χ2v) is 6.94. The minimum atomic E-state index is -0.304. The summed E-state index contributed by atoms with van der Waals surface area (Å²) in [5.41, 5.74) is 2.25. The van der Waals surface area contributed by atoms with Gasteiger partial charge in [-0.2, -0.15) is 0 Å². The number of carbonyl (C=O) groups is 3. The van der Waals surface area contributed by atoms with Gasteiger partial charge < -0.3 is 10.2 Å². The smallest absolute Gasteiger partial charge is 0.228 e. The molecule has 3 rings (SSSR count). The van der Waals surface area contributed by atoms with Gasteiger partial charge in [-0.05, 0) is 49.6 Å². The molecule has 140 valence electrons. The number of carbonyl (C=O) groups excluding carboxylic acids is 3. The third-order valence-electron chi connectivity index (χ3n) is 4.84. The highest BCUT2D eigenvalue weighted by Gasteiger charge is 2.49. The highest BCUT2D eigenvalue weighted by atomic mass is 16.2. The first-order chi connectivity index (χ1) is 13.0. The van der Waals surface area contributed by atoms with E-state index in [1.165, 1.54) is 6.92 Å². The molecule has 2 amide bonds. The van der Waals surface area contributed by atoms with Crippen molar-refractivity contribution in [3.63, 3.8) is 0 Å². The largest absolute Gasteiger partial charge is 0.345 e. The number of benzene rings is 1. The Bertz CT molecular complexity index is 851. The van der Waals surface area contributed by atoms with Crippen LogP contribution in [0.2, 0.25) is 0 Å². The predicted octanol–water partition coefficient (Wildman–Crippen LogP) is 2.56. The highest BCUT2D eigenvalue weighted by Crippen LogP contribution is 2.40. The molecule has 1 aromatic carbocycles. The van der Waals surface area contributed by atoms with Crippen LogP contribution in [0.5, 0.6) is 0 Å². The van der Waals surface area contributed by atoms with Gasteiger partial charge >= 0.3 is 0 Å². The van der Waals surface area contributed by atoms with Crippen molar-refractivity contribution in [3.8, 4) is 0 Å². The minimum absolute atomic E-state index is 0.00157. The van der Waals surface area contributed by atoms with Crippen molar-refractivity contribution in [1.82, 2.24) is 9.88 Å². The number of ketones is 1. The van der Waals surface area contributed by atoms with Gasteiger partial charge in [0.25, 0.3) is 0 Å². The molecular weight excluding hydrogens is 342 g/mol. The Morgan fingerprint density at radius 2 is 1.89 bits per heavy atom. The van der Waals surface area contributed by atoms with Crippen molar-refractivity contribution < 1.29 is 14.4 Å². The van der Waals surface area contributed by atoms with Gasteiger partial charge in [0.05, 0.1) is 11.8 Å². The van der Waals surface area contributed by atoms with Crippen LogP contribution in [0.4, 0.5) is 5.69 Å². The molecule has 0 aliphatic heterocycles. The van der Waals surface area contributed by atoms with Gasteiger partial charge in [0.15, 0.2) is 5.78 Å². The van der Waals surface area contributed by atoms with Crippen LogP contribution in [0.1, 0.15) is 29.3 Å². The summed E-state index contributed by atoms with van der Waals surface area (Å²) in [4.78, 5) is 42.0. The van der Waals surface area contributed by atoms with E-state index in [1.807, 2.05) is 12.1 Å². The van der Waals surface area contributed by atoms with E-state index in [1.54, 1.807) is 48.6 Å². The molecule has 27 heavy (non-hydrogen) atoms. The van der Waals surface area contributed by atoms with E-state index in [-0.39, 0.29) is 29.4 Å². The average Bonchev–Trinajstić information content (AvgIpc) is 3.47. The lowest BCUT2D eigenvalue weighted by atomic mass is 10.1. The van der Waals surface area contributed by atoms with Crippen LogP contribution in [0.25, 0.3) is 0 Å². The van der Waals surface area contributed by atoms with Crippen molar-refractivity contribution >= 4 is 23.3 Å². The molecule has 2 unspecified atom stereocenters. The number of pyridine rings is 1. The van der Waals surface area contributed by atoms with Crippen molar-refractivity contribution in [1.29, 1.82) is 0 Å². The van der Waals surface area contributed by atoms with Crippen molar-refractivity contribution in [2.75, 3.05) is 18.9 Å². The maximum atomic E-state index is 12.5. The molecule has 1 aliphatic carbocycles. The number of hydrogen-bond donors (Lipinski definition) is 1. The highest BCUT2D eigenvalue weighted by molar-refractivity contribution is 6.01. The standard InChI is InChI=1S/C21H23N3O3/c1-14(25)16-4-3-5-17(12-16)23-20(26)18-13-19(18)21(27)24(2)11-8-15-6-9-22-10-7-15/h3-7,9-10,12,18-19H,8,11,13H2,1-2H3,(H,23,26). The summed E-state index contributed by atoms with van der Waals surface area (Å²) in [5.74, 6) is -0.787. The lowest BCUT2D eigenvalue weighted by molar-refractivity contribution is -0.132. The Morgan fingerprint density at radius 3 is 2.59 bits per heavy atom. The van der Waals surface area contributed by atoms with E-state index >= 15 is 0 Å². The van der Waals surface area contributed by atoms with Crippen LogP contribution in [0.3, 0.4) is 0 Å². The molecule has 1 heterocycles. The van der Waals surface area contributed by atoms with Crippen molar-refractivity contribution in [3.05, 3.63) is 59.9 Å². The summed E-state index contributed by atoms with van der Waals surface area (Å²) in [5, 5.41) is 2.81. The van der Waals surface area contributed by atoms with E-state index in [0.717, 1.165) is 12.0 Å². The van der Waals surface area contributed by atoms with Crippen LogP contribution in [-0.4, -0.2) is 41.1 Å². The molecule has 2 aromatic rings. The maximum absolute atomic E-state index is 12.5. The topological polar surface area (TPSA) is 79.4 Å². The van der Waals surface area contributed by atoms with Crippen LogP contribution < -0.4 is 5.32 Å². The van der Waals surface area contributed by atoms with E-state index in [0.29, 0.717) is 24.2 Å². The van der Waals surface area contributed by atoms with Crippen molar-refractivity contribution in [2.24, 2.45) is 11.8 Å². The van der Waals surface area contributed by atoms with Gasteiger partial charge in [0.1, 0.15) is 0 Å². The first-order valence-corrected chi connectivity index (χ1v) is 9.01. The number of hydrogen-bond acceptors (Lipinski definition) is 4. The number of anilines is 1. The number of aromatic nitrogens is 1. The zero-order valence-electron chi connectivity index (χ0n) is 15.5. The first-order valence-electron chi connectivity index (χ1n) is 9.01. The monoisotopic (exact) mass is 365 g/mol. The molecule has 0 radical (unpaired) electrons. The lowest BCUT2D eigenvalue weighted by Crippen LogP contribution is -2.31. The average molecular weight is 365 g/mol. The molecule has 1 saturated carbocycles. The molecule has 0 saturated heterocycles. The molecule has 0 bridgehead atoms. The first kappa shape index (κ1) is 18.8. The number of amides is 2. The van der Waals surface area contributed by atoms with Crippen LogP contribution >= 0.6 is 0 Å². The molecule has 6 nitrogen and oxygen atoms in total. The Balaban J connectivity index is 1.50. The number of nitrogens with one attached hydrogen (secondary N) is 1. The van der Waals surface area contributed by atoms with Crippen LogP contribution in [0.15, 0.2) is 48.8 Å². The Hall–Kier alpha value is -3.02. The summed E-state index contributed by atoms with van der Waals surface area (Å²) < 4.78 is 0. The fourth-order valence-electron chi connectivity index (χ4n) is 3.05. The molecule has 1 aliphatic rings. The van der Waals surface area contributed by atoms with E-state index in [4.69, 9.17) is 0 Å². The number of rotatable bonds is 7. The third-order valence-corrected chi connectivity index (χ3v) is 4.84. The Kier molecular flexibility index (Phi) is 5.64. The van der Waals surface area contributed by atoms with Crippen molar-refractivity contribution in [2.45, 2.75) is 19.8 Å². The summed E-state index contributed by atoms with van der Waals surface area (Å²) in [6, 6.07) is 10.7. The molecule has 0 spiro atoms. The fraction of sp³-hybridized carbons (Fsp3) is 0.333. The molecule has 6 heteroatoms. The van der Waals surface area contributed by atoms with Crippen LogP contribution in [-0.2, 0) is 16.0 Å². The van der Waals surface area contributed by atoms with Gasteiger partial charge in [-0.25, -0.2) is 0 Å². The maximum Gasteiger partial charge on any atom is 0.228 e. The molecule has 2 atom stereocenters. The molecule has 1 aromatic heterocycles. The summed E-state index contributed by atoms with van der Waals surface area (Å²) in [7, 11) is 1.77. The van der Waals surface area contributed by atoms with Gasteiger partial charge in [0, 0.05) is 37.2 Å². The number of nitrogens with zero attached hydrogens (tertiary/aromatic N) is 2. The van der Waals surface area contributed by atoms with Crippen LogP contribution in [0, 0.1) is 11.8 Å². The van der Waals surface area contributed by atoms with Gasteiger partial charge in [-0.15, -0.1) is 0 Å². The molecule has 1 fully saturated rings.